The normalized spacial score (nSPS) is 32.0. The molecule has 2 saturated heterocycles. The zero-order valence-corrected chi connectivity index (χ0v) is 25.8. The van der Waals surface area contributed by atoms with Crippen molar-refractivity contribution in [2.75, 3.05) is 19.7 Å². The van der Waals surface area contributed by atoms with Crippen molar-refractivity contribution in [1.82, 2.24) is 9.80 Å². The minimum atomic E-state index is -2.03. The second-order valence-electron chi connectivity index (χ2n) is 11.0. The average molecular weight is 678 g/mol. The Morgan fingerprint density at radius 3 is 2.19 bits per heavy atom. The van der Waals surface area contributed by atoms with Gasteiger partial charge in [0.25, 0.3) is 11.8 Å². The minimum Gasteiger partial charge on any atom is -0.508 e. The van der Waals surface area contributed by atoms with Crippen molar-refractivity contribution >= 4 is 62.8 Å². The van der Waals surface area contributed by atoms with Crippen molar-refractivity contribution in [2.24, 2.45) is 17.8 Å². The molecule has 0 bridgehead atoms. The summed E-state index contributed by atoms with van der Waals surface area (Å²) in [5.41, 5.74) is 1.58. The molecule has 3 fully saturated rings. The van der Waals surface area contributed by atoms with Crippen LogP contribution in [0.25, 0.3) is 0 Å². The summed E-state index contributed by atoms with van der Waals surface area (Å²) >= 11 is 17.8. The van der Waals surface area contributed by atoms with Crippen LogP contribution in [0.3, 0.4) is 0 Å². The first-order chi connectivity index (χ1) is 20.0. The number of carbonyl (C=O) groups excluding carboxylic acids is 4. The van der Waals surface area contributed by atoms with E-state index in [9.17, 15) is 24.3 Å². The lowest BCUT2D eigenvalue weighted by molar-refractivity contribution is -0.141. The van der Waals surface area contributed by atoms with E-state index in [0.29, 0.717) is 11.1 Å². The van der Waals surface area contributed by atoms with Crippen molar-refractivity contribution in [2.45, 2.75) is 35.1 Å². The summed E-state index contributed by atoms with van der Waals surface area (Å²) in [6, 6.07) is 12.0. The first kappa shape index (κ1) is 29.0. The Hall–Kier alpha value is -3.08. The van der Waals surface area contributed by atoms with Gasteiger partial charge in [0.15, 0.2) is 9.75 Å². The van der Waals surface area contributed by atoms with Gasteiger partial charge in [0, 0.05) is 23.6 Å². The van der Waals surface area contributed by atoms with Gasteiger partial charge in [-0.1, -0.05) is 57.9 Å². The number of amides is 4. The highest BCUT2D eigenvalue weighted by molar-refractivity contribution is 9.09. The number of halogens is 3. The minimum absolute atomic E-state index is 0.122. The third-order valence-electron chi connectivity index (χ3n) is 9.11. The summed E-state index contributed by atoms with van der Waals surface area (Å²) in [5, 5.41) is 10.4. The number of hydrogen-bond acceptors (Lipinski definition) is 7. The van der Waals surface area contributed by atoms with E-state index >= 15 is 0 Å². The van der Waals surface area contributed by atoms with Crippen LogP contribution in [0.4, 0.5) is 0 Å². The Kier molecular flexibility index (Phi) is 7.10. The zero-order valence-electron chi connectivity index (χ0n) is 22.7. The lowest BCUT2D eigenvalue weighted by Crippen LogP contribution is -2.60. The number of benzene rings is 2. The molecular weight excluding hydrogens is 651 g/mol. The lowest BCUT2D eigenvalue weighted by Gasteiger charge is -2.51. The molecule has 1 saturated carbocycles. The van der Waals surface area contributed by atoms with Crippen LogP contribution in [-0.4, -0.2) is 68.0 Å². The van der Waals surface area contributed by atoms with Gasteiger partial charge in [0.2, 0.25) is 11.8 Å². The molecule has 0 spiro atoms. The van der Waals surface area contributed by atoms with E-state index in [1.807, 2.05) is 36.4 Å². The number of imide groups is 2. The Balaban J connectivity index is 1.54. The number of carbonyl (C=O) groups is 4. The fourth-order valence-electron chi connectivity index (χ4n) is 7.27. The maximum absolute atomic E-state index is 14.0. The van der Waals surface area contributed by atoms with E-state index in [-0.39, 0.29) is 53.9 Å². The van der Waals surface area contributed by atoms with Crippen LogP contribution in [-0.2, 0) is 25.7 Å². The number of nitrogens with zero attached hydrogens (tertiary/aromatic N) is 2. The Morgan fingerprint density at radius 1 is 0.952 bits per heavy atom. The molecule has 2 aromatic rings. The largest absolute Gasteiger partial charge is 0.508 e. The van der Waals surface area contributed by atoms with Crippen molar-refractivity contribution in [1.29, 1.82) is 0 Å². The van der Waals surface area contributed by atoms with Crippen LogP contribution in [0, 0.1) is 17.8 Å². The maximum Gasteiger partial charge on any atom is 0.254 e. The topological polar surface area (TPSA) is 113 Å². The third kappa shape index (κ3) is 3.80. The van der Waals surface area contributed by atoms with E-state index in [0.717, 1.165) is 10.5 Å². The molecule has 220 valence electrons. The number of alkyl halides is 3. The summed E-state index contributed by atoms with van der Waals surface area (Å²) in [6.45, 7) is 0.122. The predicted molar refractivity (Wildman–Crippen MR) is 157 cm³/mol. The molecule has 4 aliphatic rings. The number of rotatable bonds is 6. The fraction of sp³-hybridized carbons (Fsp3) is 0.400. The van der Waals surface area contributed by atoms with Crippen LogP contribution in [0.1, 0.15) is 29.9 Å². The highest BCUT2D eigenvalue weighted by Crippen LogP contribution is 2.67. The van der Waals surface area contributed by atoms with Gasteiger partial charge in [-0.25, -0.2) is 0 Å². The predicted octanol–water partition coefficient (Wildman–Crippen LogP) is 4.32. The van der Waals surface area contributed by atoms with E-state index in [1.165, 1.54) is 31.3 Å². The van der Waals surface area contributed by atoms with Crippen molar-refractivity contribution in [3.63, 3.8) is 0 Å². The average Bonchev–Trinajstić information content (AvgIpc) is 3.31. The highest BCUT2D eigenvalue weighted by atomic mass is 79.9. The van der Waals surface area contributed by atoms with Gasteiger partial charge in [-0.3, -0.25) is 29.0 Å². The molecule has 12 heteroatoms. The summed E-state index contributed by atoms with van der Waals surface area (Å²) < 4.78 is 11.3. The molecule has 1 N–H and O–H groups in total. The van der Waals surface area contributed by atoms with Gasteiger partial charge < -0.3 is 14.6 Å². The van der Waals surface area contributed by atoms with Gasteiger partial charge in [-0.15, -0.1) is 23.2 Å². The number of fused-ring (bicyclic) bond motifs is 4. The molecular formula is C30H27BrCl2N2O7. The smallest absolute Gasteiger partial charge is 0.254 e. The van der Waals surface area contributed by atoms with Crippen LogP contribution in [0.2, 0.25) is 0 Å². The summed E-state index contributed by atoms with van der Waals surface area (Å²) in [6.07, 6.45) is 1.95. The highest BCUT2D eigenvalue weighted by Gasteiger charge is 2.76. The zero-order chi connectivity index (χ0) is 30.1. The Morgan fingerprint density at radius 2 is 1.60 bits per heavy atom. The van der Waals surface area contributed by atoms with Crippen molar-refractivity contribution < 1.29 is 33.8 Å². The monoisotopic (exact) mass is 676 g/mol. The molecule has 2 aliphatic heterocycles. The summed E-state index contributed by atoms with van der Waals surface area (Å²) in [5.74, 6) is -5.11. The van der Waals surface area contributed by atoms with Crippen molar-refractivity contribution in [3.05, 3.63) is 65.2 Å². The summed E-state index contributed by atoms with van der Waals surface area (Å²) in [4.78, 5) is 53.7. The molecule has 6 rings (SSSR count). The van der Waals surface area contributed by atoms with Crippen LogP contribution in [0.15, 0.2) is 54.1 Å². The molecule has 2 aromatic carbocycles. The Bertz CT molecular complexity index is 1530. The number of phenolic OH excluding ortho intramolecular Hbond substituents is 1. The molecule has 0 unspecified atom stereocenters. The quantitative estimate of drug-likeness (QED) is 0.210. The summed E-state index contributed by atoms with van der Waals surface area (Å²) in [7, 11) is 2.79. The molecule has 6 atom stereocenters. The van der Waals surface area contributed by atoms with Crippen LogP contribution in [0.5, 0.6) is 17.2 Å². The van der Waals surface area contributed by atoms with Gasteiger partial charge in [0.05, 0.1) is 38.1 Å². The number of ether oxygens (including phenoxy) is 2. The lowest BCUT2D eigenvalue weighted by atomic mass is 9.56. The first-order valence-corrected chi connectivity index (χ1v) is 15.2. The number of allylic oxidation sites excluding steroid dienone is 2. The number of phenols is 1. The second-order valence-corrected chi connectivity index (χ2v) is 12.7. The molecule has 0 aromatic heterocycles. The maximum atomic E-state index is 14.0. The second kappa shape index (κ2) is 10.3. The van der Waals surface area contributed by atoms with Gasteiger partial charge >= 0.3 is 0 Å². The Labute approximate surface area is 260 Å². The van der Waals surface area contributed by atoms with Crippen LogP contribution >= 0.6 is 39.1 Å². The molecule has 42 heavy (non-hydrogen) atoms. The number of methoxy groups -OCH3 is 2. The standard InChI is InChI=1S/C30H27BrCl2N2O7/c1-41-20-10-16(36)11-21(42-2)23(20)24-17-8-9-18-22(26(38)34(25(18)37)13-15-6-4-3-5-7-15)19(17)12-29(32)27(39)35(14-31)28(40)30(24,29)33/h3-8,10-11,18-19,22,24,36H,9,12-14H2,1-2H3/t18-,19+,22-,24+,29+,30-/m0/s1. The molecule has 4 amide bonds. The number of aromatic hydroxyl groups is 1. The third-order valence-corrected chi connectivity index (χ3v) is 11.0. The number of hydrogen-bond donors (Lipinski definition) is 1. The van der Waals surface area contributed by atoms with Gasteiger partial charge in [0.1, 0.15) is 17.2 Å². The van der Waals surface area contributed by atoms with E-state index in [2.05, 4.69) is 15.9 Å². The van der Waals surface area contributed by atoms with E-state index in [1.54, 1.807) is 0 Å². The van der Waals surface area contributed by atoms with Gasteiger partial charge in [-0.2, -0.15) is 0 Å². The van der Waals surface area contributed by atoms with Gasteiger partial charge in [-0.05, 0) is 24.3 Å². The molecule has 0 radical (unpaired) electrons. The fourth-order valence-corrected chi connectivity index (χ4v) is 8.68. The molecule has 9 nitrogen and oxygen atoms in total. The number of likely N-dealkylation sites (tertiary alicyclic amines) is 2. The van der Waals surface area contributed by atoms with E-state index in [4.69, 9.17) is 32.7 Å². The molecule has 2 aliphatic carbocycles. The molecule has 2 heterocycles. The van der Waals surface area contributed by atoms with Crippen molar-refractivity contribution in [3.8, 4) is 17.2 Å². The van der Waals surface area contributed by atoms with Crippen LogP contribution < -0.4 is 9.47 Å². The first-order valence-electron chi connectivity index (χ1n) is 13.4. The van der Waals surface area contributed by atoms with E-state index < -0.39 is 45.2 Å². The SMILES string of the molecule is COc1cc(O)cc(OC)c1[C@H]1C2=CC[C@@H]3C(=O)N(Cc4ccccc4)C(=O)[C@@H]3[C@@H]2C[C@@]2(Cl)C(=O)N(CBr)C(=O)[C@@]12Cl.